The Morgan fingerprint density at radius 2 is 1.95 bits per heavy atom. The van der Waals surface area contributed by atoms with Crippen LogP contribution in [0.2, 0.25) is 0 Å². The Bertz CT molecular complexity index is 835. The largest absolute Gasteiger partial charge is 0.234 e. The summed E-state index contributed by atoms with van der Waals surface area (Å²) in [6.07, 6.45) is 5.68. The summed E-state index contributed by atoms with van der Waals surface area (Å²) in [5, 5.41) is 14.1. The van der Waals surface area contributed by atoms with Gasteiger partial charge in [0.15, 0.2) is 0 Å². The number of hydrogen-bond donors (Lipinski definition) is 0. The predicted octanol–water partition coefficient (Wildman–Crippen LogP) is 5.49. The SMILES string of the molecule is N#C/C(=C/C=C/c1ccccc1)c1nc(-c2cccs2)cs1. The van der Waals surface area contributed by atoms with Crippen LogP contribution < -0.4 is 0 Å². The maximum absolute atomic E-state index is 9.33. The Morgan fingerprint density at radius 3 is 2.68 bits per heavy atom. The fraction of sp³-hybridized carbons (Fsp3) is 0. The van der Waals surface area contributed by atoms with E-state index in [4.69, 9.17) is 0 Å². The van der Waals surface area contributed by atoms with Crippen LogP contribution in [0.4, 0.5) is 0 Å². The first-order chi connectivity index (χ1) is 10.9. The first-order valence-corrected chi connectivity index (χ1v) is 8.46. The average molecular weight is 320 g/mol. The molecule has 0 fully saturated rings. The monoisotopic (exact) mass is 320 g/mol. The van der Waals surface area contributed by atoms with Crippen LogP contribution in [-0.4, -0.2) is 4.98 Å². The van der Waals surface area contributed by atoms with E-state index in [1.165, 1.54) is 11.3 Å². The van der Waals surface area contributed by atoms with E-state index < -0.39 is 0 Å². The second kappa shape index (κ2) is 6.99. The molecule has 0 aliphatic rings. The lowest BCUT2D eigenvalue weighted by Gasteiger charge is -1.92. The molecule has 22 heavy (non-hydrogen) atoms. The molecule has 0 saturated heterocycles. The van der Waals surface area contributed by atoms with Crippen LogP contribution in [-0.2, 0) is 0 Å². The van der Waals surface area contributed by atoms with E-state index in [0.29, 0.717) is 5.57 Å². The molecule has 2 aromatic heterocycles. The van der Waals surface area contributed by atoms with E-state index in [-0.39, 0.29) is 0 Å². The van der Waals surface area contributed by atoms with Gasteiger partial charge in [-0.15, -0.1) is 22.7 Å². The van der Waals surface area contributed by atoms with Crippen molar-refractivity contribution < 1.29 is 0 Å². The molecule has 0 saturated carbocycles. The summed E-state index contributed by atoms with van der Waals surface area (Å²) in [6.45, 7) is 0. The Labute approximate surface area is 137 Å². The van der Waals surface area contributed by atoms with Crippen molar-refractivity contribution in [3.63, 3.8) is 0 Å². The van der Waals surface area contributed by atoms with Gasteiger partial charge in [0.05, 0.1) is 16.1 Å². The van der Waals surface area contributed by atoms with Gasteiger partial charge >= 0.3 is 0 Å². The third-order valence-corrected chi connectivity index (χ3v) is 4.75. The second-order valence-electron chi connectivity index (χ2n) is 4.48. The highest BCUT2D eigenvalue weighted by Crippen LogP contribution is 2.28. The summed E-state index contributed by atoms with van der Waals surface area (Å²) in [6, 6.07) is 16.3. The minimum atomic E-state index is 0.583. The van der Waals surface area contributed by atoms with Gasteiger partial charge in [-0.05, 0) is 23.1 Å². The first kappa shape index (κ1) is 14.5. The maximum atomic E-state index is 9.33. The molecule has 4 heteroatoms. The molecular weight excluding hydrogens is 308 g/mol. The summed E-state index contributed by atoms with van der Waals surface area (Å²) >= 11 is 3.15. The molecule has 3 rings (SSSR count). The molecule has 0 amide bonds. The summed E-state index contributed by atoms with van der Waals surface area (Å²) < 4.78 is 0. The molecule has 0 aliphatic heterocycles. The molecule has 0 atom stereocenters. The number of nitriles is 1. The Morgan fingerprint density at radius 1 is 1.09 bits per heavy atom. The zero-order valence-electron chi connectivity index (χ0n) is 11.6. The van der Waals surface area contributed by atoms with Crippen LogP contribution in [0, 0.1) is 11.3 Å². The van der Waals surface area contributed by atoms with Crippen molar-refractivity contribution in [3.05, 3.63) is 75.9 Å². The van der Waals surface area contributed by atoms with Crippen LogP contribution in [0.3, 0.4) is 0 Å². The molecule has 0 aliphatic carbocycles. The van der Waals surface area contributed by atoms with E-state index >= 15 is 0 Å². The average Bonchev–Trinajstić information content (AvgIpc) is 3.23. The Kier molecular flexibility index (Phi) is 4.59. The van der Waals surface area contributed by atoms with Crippen LogP contribution in [0.1, 0.15) is 10.6 Å². The number of thiophene rings is 1. The van der Waals surface area contributed by atoms with Crippen LogP contribution in [0.5, 0.6) is 0 Å². The van der Waals surface area contributed by atoms with Crippen molar-refractivity contribution in [2.24, 2.45) is 0 Å². The van der Waals surface area contributed by atoms with E-state index in [1.807, 2.05) is 71.5 Å². The Hall–Kier alpha value is -2.48. The third-order valence-electron chi connectivity index (χ3n) is 2.98. The van der Waals surface area contributed by atoms with Crippen molar-refractivity contribution in [2.75, 3.05) is 0 Å². The number of allylic oxidation sites excluding steroid dienone is 3. The smallest absolute Gasteiger partial charge is 0.134 e. The predicted molar refractivity (Wildman–Crippen MR) is 94.5 cm³/mol. The number of nitrogens with zero attached hydrogens (tertiary/aromatic N) is 2. The molecular formula is C18H12N2S2. The number of thiazole rings is 1. The number of aromatic nitrogens is 1. The van der Waals surface area contributed by atoms with E-state index in [1.54, 1.807) is 11.3 Å². The first-order valence-electron chi connectivity index (χ1n) is 6.70. The summed E-state index contributed by atoms with van der Waals surface area (Å²) in [5.41, 5.74) is 2.62. The fourth-order valence-electron chi connectivity index (χ4n) is 1.91. The van der Waals surface area contributed by atoms with Crippen molar-refractivity contribution >= 4 is 34.3 Å². The highest BCUT2D eigenvalue weighted by atomic mass is 32.1. The van der Waals surface area contributed by atoms with E-state index in [2.05, 4.69) is 11.1 Å². The van der Waals surface area contributed by atoms with Gasteiger partial charge in [-0.25, -0.2) is 4.98 Å². The molecule has 2 nitrogen and oxygen atoms in total. The standard InChI is InChI=1S/C18H12N2S2/c19-12-15(9-4-8-14-6-2-1-3-7-14)18-20-16(13-22-18)17-10-5-11-21-17/h1-11,13H/b8-4+,15-9-. The van der Waals surface area contributed by atoms with Gasteiger partial charge in [0.1, 0.15) is 11.1 Å². The third kappa shape index (κ3) is 3.40. The van der Waals surface area contributed by atoms with Gasteiger partial charge in [0, 0.05) is 5.38 Å². The fourth-order valence-corrected chi connectivity index (χ4v) is 3.47. The number of benzene rings is 1. The van der Waals surface area contributed by atoms with Gasteiger partial charge in [-0.3, -0.25) is 0 Å². The second-order valence-corrected chi connectivity index (χ2v) is 6.28. The normalized spacial score (nSPS) is 11.7. The molecule has 106 valence electrons. The number of hydrogen-bond acceptors (Lipinski definition) is 4. The van der Waals surface area contributed by atoms with Crippen molar-refractivity contribution in [3.8, 4) is 16.6 Å². The minimum Gasteiger partial charge on any atom is -0.234 e. The van der Waals surface area contributed by atoms with Gasteiger partial charge in [-0.2, -0.15) is 5.26 Å². The summed E-state index contributed by atoms with van der Waals surface area (Å²) in [4.78, 5) is 5.68. The molecule has 0 unspecified atom stereocenters. The van der Waals surface area contributed by atoms with Crippen molar-refractivity contribution in [1.82, 2.24) is 4.98 Å². The molecule has 0 radical (unpaired) electrons. The molecule has 1 aromatic carbocycles. The van der Waals surface area contributed by atoms with Gasteiger partial charge in [0.2, 0.25) is 0 Å². The van der Waals surface area contributed by atoms with Gasteiger partial charge < -0.3 is 0 Å². The van der Waals surface area contributed by atoms with Crippen molar-refractivity contribution in [1.29, 1.82) is 5.26 Å². The summed E-state index contributed by atoms with van der Waals surface area (Å²) in [7, 11) is 0. The van der Waals surface area contributed by atoms with Crippen molar-refractivity contribution in [2.45, 2.75) is 0 Å². The van der Waals surface area contributed by atoms with Crippen LogP contribution in [0.15, 0.2) is 65.4 Å². The molecule has 0 spiro atoms. The van der Waals surface area contributed by atoms with E-state index in [0.717, 1.165) is 21.1 Å². The lowest BCUT2D eigenvalue weighted by atomic mass is 10.2. The van der Waals surface area contributed by atoms with E-state index in [9.17, 15) is 5.26 Å². The Balaban J connectivity index is 1.81. The maximum Gasteiger partial charge on any atom is 0.134 e. The van der Waals surface area contributed by atoms with Crippen LogP contribution in [0.25, 0.3) is 22.2 Å². The van der Waals surface area contributed by atoms with Crippen LogP contribution >= 0.6 is 22.7 Å². The zero-order valence-corrected chi connectivity index (χ0v) is 13.3. The minimum absolute atomic E-state index is 0.583. The van der Waals surface area contributed by atoms with Gasteiger partial charge in [0.25, 0.3) is 0 Å². The highest BCUT2D eigenvalue weighted by Gasteiger charge is 2.08. The topological polar surface area (TPSA) is 36.7 Å². The molecule has 0 bridgehead atoms. The summed E-state index contributed by atoms with van der Waals surface area (Å²) in [5.74, 6) is 0. The molecule has 0 N–H and O–H groups in total. The zero-order chi connectivity index (χ0) is 15.2. The lowest BCUT2D eigenvalue weighted by Crippen LogP contribution is -1.80. The molecule has 3 aromatic rings. The lowest BCUT2D eigenvalue weighted by molar-refractivity contribution is 1.38. The molecule has 2 heterocycles. The highest BCUT2D eigenvalue weighted by molar-refractivity contribution is 7.14. The number of rotatable bonds is 4. The quantitative estimate of drug-likeness (QED) is 0.470. The van der Waals surface area contributed by atoms with Gasteiger partial charge in [-0.1, -0.05) is 48.6 Å².